The molecule has 0 saturated carbocycles. The molecule has 0 amide bonds. The first-order valence-corrected chi connectivity index (χ1v) is 8.30. The van der Waals surface area contributed by atoms with Crippen molar-refractivity contribution in [2.75, 3.05) is 31.2 Å². The summed E-state index contributed by atoms with van der Waals surface area (Å²) >= 11 is 0. The number of pyridine rings is 1. The normalized spacial score (nSPS) is 11.2. The summed E-state index contributed by atoms with van der Waals surface area (Å²) in [5, 5.41) is 18.1. The Kier molecular flexibility index (Phi) is 9.53. The first kappa shape index (κ1) is 22.7. The molecule has 0 aliphatic heterocycles. The van der Waals surface area contributed by atoms with Crippen molar-refractivity contribution in [3.63, 3.8) is 0 Å². The molecule has 0 saturated heterocycles. The Morgan fingerprint density at radius 2 is 1.26 bits per heavy atom. The Labute approximate surface area is 156 Å². The second-order valence-electron chi connectivity index (χ2n) is 5.65. The van der Waals surface area contributed by atoms with Crippen LogP contribution in [-0.4, -0.2) is 43.8 Å². The van der Waals surface area contributed by atoms with Crippen LogP contribution in [0.15, 0.2) is 48.8 Å². The molecule has 0 spiro atoms. The van der Waals surface area contributed by atoms with Gasteiger partial charge in [0, 0.05) is 30.9 Å². The fourth-order valence-electron chi connectivity index (χ4n) is 2.22. The van der Waals surface area contributed by atoms with Gasteiger partial charge in [-0.05, 0) is 23.3 Å². The van der Waals surface area contributed by atoms with E-state index in [0.717, 1.165) is 16.8 Å². The summed E-state index contributed by atoms with van der Waals surface area (Å²) in [6.45, 7) is 1.20. The maximum absolute atomic E-state index is 9.75. The molecule has 27 heavy (non-hydrogen) atoms. The maximum Gasteiger partial charge on any atom is 0.673 e. The van der Waals surface area contributed by atoms with E-state index in [1.807, 2.05) is 53.2 Å². The monoisotopic (exact) mass is 386 g/mol. The molecule has 9 heteroatoms. The number of aryl methyl sites for hydroxylation is 1. The van der Waals surface area contributed by atoms with Crippen LogP contribution in [0.1, 0.15) is 11.1 Å². The number of hydrogen-bond acceptors (Lipinski definition) is 3. The molecule has 2 aromatic rings. The van der Waals surface area contributed by atoms with Crippen LogP contribution >= 0.6 is 0 Å². The standard InChI is InChI=1S/C18H23N2O2.BF4/c1-19-10-8-17(9-11-19)3-2-16-4-6-18(7-5-16)20(12-14-21)13-15-22;2-1(3,4)5/h2-11,21-22H,12-15H2,1H3;/q+1;-1. The van der Waals surface area contributed by atoms with E-state index < -0.39 is 7.25 Å². The van der Waals surface area contributed by atoms with Gasteiger partial charge >= 0.3 is 7.25 Å². The van der Waals surface area contributed by atoms with Crippen LogP contribution in [0.5, 0.6) is 0 Å². The van der Waals surface area contributed by atoms with Gasteiger partial charge in [-0.1, -0.05) is 24.3 Å². The Balaban J connectivity index is 0.000000646. The molecule has 0 aliphatic rings. The minimum absolute atomic E-state index is 0.0765. The van der Waals surface area contributed by atoms with Gasteiger partial charge in [0.05, 0.1) is 13.2 Å². The fourth-order valence-corrected chi connectivity index (χ4v) is 2.22. The summed E-state index contributed by atoms with van der Waals surface area (Å²) in [5.74, 6) is 0. The van der Waals surface area contributed by atoms with Gasteiger partial charge in [-0.3, -0.25) is 0 Å². The number of rotatable bonds is 7. The van der Waals surface area contributed by atoms with Gasteiger partial charge in [0.15, 0.2) is 12.4 Å². The van der Waals surface area contributed by atoms with Crippen LogP contribution in [0.4, 0.5) is 23.0 Å². The first-order valence-electron chi connectivity index (χ1n) is 8.30. The van der Waals surface area contributed by atoms with Gasteiger partial charge in [0.2, 0.25) is 0 Å². The lowest BCUT2D eigenvalue weighted by atomic mass is 10.1. The number of aromatic nitrogens is 1. The van der Waals surface area contributed by atoms with E-state index in [1.54, 1.807) is 0 Å². The summed E-state index contributed by atoms with van der Waals surface area (Å²) in [6.07, 6.45) is 8.19. The zero-order valence-electron chi connectivity index (χ0n) is 15.0. The number of benzene rings is 1. The lowest BCUT2D eigenvalue weighted by Gasteiger charge is -2.22. The summed E-state index contributed by atoms with van der Waals surface area (Å²) in [6, 6.07) is 12.2. The van der Waals surface area contributed by atoms with Gasteiger partial charge in [0.25, 0.3) is 0 Å². The van der Waals surface area contributed by atoms with Gasteiger partial charge in [0.1, 0.15) is 7.05 Å². The molecule has 148 valence electrons. The minimum atomic E-state index is -6.00. The minimum Gasteiger partial charge on any atom is -0.418 e. The van der Waals surface area contributed by atoms with Crippen molar-refractivity contribution in [2.24, 2.45) is 7.05 Å². The topological polar surface area (TPSA) is 47.6 Å². The highest BCUT2D eigenvalue weighted by Crippen LogP contribution is 2.16. The molecule has 0 aliphatic carbocycles. The molecule has 0 fully saturated rings. The van der Waals surface area contributed by atoms with Crippen LogP contribution in [0.3, 0.4) is 0 Å². The lowest BCUT2D eigenvalue weighted by Crippen LogP contribution is -2.29. The number of anilines is 1. The predicted molar refractivity (Wildman–Crippen MR) is 99.6 cm³/mol. The molecule has 2 rings (SSSR count). The SMILES string of the molecule is C[n+]1ccc(C=Cc2ccc(N(CCO)CCO)cc2)cc1.F[B-](F)(F)F. The molecular formula is C18H23BF4N2O2. The zero-order chi connectivity index (χ0) is 20.3. The summed E-state index contributed by atoms with van der Waals surface area (Å²) in [7, 11) is -4.00. The molecule has 0 unspecified atom stereocenters. The highest BCUT2D eigenvalue weighted by atomic mass is 19.5. The number of halogens is 4. The van der Waals surface area contributed by atoms with E-state index in [0.29, 0.717) is 13.1 Å². The van der Waals surface area contributed by atoms with Crippen LogP contribution in [0.25, 0.3) is 12.2 Å². The van der Waals surface area contributed by atoms with Crippen LogP contribution in [0, 0.1) is 0 Å². The lowest BCUT2D eigenvalue weighted by molar-refractivity contribution is -0.671. The molecular weight excluding hydrogens is 363 g/mol. The van der Waals surface area contributed by atoms with Crippen molar-refractivity contribution < 1.29 is 32.0 Å². The van der Waals surface area contributed by atoms with Crippen LogP contribution in [0.2, 0.25) is 0 Å². The average Bonchev–Trinajstić information content (AvgIpc) is 2.60. The van der Waals surface area contributed by atoms with Gasteiger partial charge in [-0.2, -0.15) is 0 Å². The van der Waals surface area contributed by atoms with Gasteiger partial charge < -0.3 is 32.4 Å². The molecule has 0 atom stereocenters. The number of aliphatic hydroxyl groups excluding tert-OH is 2. The Bertz CT molecular complexity index is 680. The molecule has 2 N–H and O–H groups in total. The third-order valence-corrected chi connectivity index (χ3v) is 3.47. The Hall–Kier alpha value is -2.39. The number of hydrogen-bond donors (Lipinski definition) is 2. The van der Waals surface area contributed by atoms with Gasteiger partial charge in [-0.25, -0.2) is 4.57 Å². The second-order valence-corrected chi connectivity index (χ2v) is 5.65. The highest BCUT2D eigenvalue weighted by Gasteiger charge is 2.20. The zero-order valence-corrected chi connectivity index (χ0v) is 15.0. The number of nitrogens with zero attached hydrogens (tertiary/aromatic N) is 2. The maximum atomic E-state index is 9.75. The molecule has 0 radical (unpaired) electrons. The summed E-state index contributed by atoms with van der Waals surface area (Å²) in [4.78, 5) is 1.96. The van der Waals surface area contributed by atoms with Crippen LogP contribution in [-0.2, 0) is 7.05 Å². The van der Waals surface area contributed by atoms with Crippen molar-refractivity contribution in [1.82, 2.24) is 0 Å². The third-order valence-electron chi connectivity index (χ3n) is 3.47. The van der Waals surface area contributed by atoms with E-state index in [1.165, 1.54) is 0 Å². The Morgan fingerprint density at radius 1 is 0.852 bits per heavy atom. The van der Waals surface area contributed by atoms with Crippen molar-refractivity contribution in [1.29, 1.82) is 0 Å². The van der Waals surface area contributed by atoms with Crippen molar-refractivity contribution in [3.05, 3.63) is 59.9 Å². The molecule has 1 heterocycles. The smallest absolute Gasteiger partial charge is 0.418 e. The summed E-state index contributed by atoms with van der Waals surface area (Å²) in [5.41, 5.74) is 3.28. The molecule has 0 bridgehead atoms. The predicted octanol–water partition coefficient (Wildman–Crippen LogP) is 2.77. The van der Waals surface area contributed by atoms with Crippen LogP contribution < -0.4 is 9.47 Å². The van der Waals surface area contributed by atoms with E-state index >= 15 is 0 Å². The molecule has 1 aromatic heterocycles. The Morgan fingerprint density at radius 3 is 1.67 bits per heavy atom. The molecule has 4 nitrogen and oxygen atoms in total. The van der Waals surface area contributed by atoms with E-state index in [9.17, 15) is 17.3 Å². The largest absolute Gasteiger partial charge is 0.673 e. The fraction of sp³-hybridized carbons (Fsp3) is 0.278. The van der Waals surface area contributed by atoms with Crippen molar-refractivity contribution in [3.8, 4) is 0 Å². The first-order chi connectivity index (χ1) is 12.7. The average molecular weight is 386 g/mol. The number of aliphatic hydroxyl groups is 2. The second kappa shape index (κ2) is 11.4. The van der Waals surface area contributed by atoms with E-state index in [2.05, 4.69) is 24.3 Å². The quantitative estimate of drug-likeness (QED) is 0.437. The van der Waals surface area contributed by atoms with E-state index in [-0.39, 0.29) is 13.2 Å². The molecule has 1 aromatic carbocycles. The van der Waals surface area contributed by atoms with Gasteiger partial charge in [-0.15, -0.1) is 0 Å². The summed E-state index contributed by atoms with van der Waals surface area (Å²) < 4.78 is 41.0. The third kappa shape index (κ3) is 10.4. The highest BCUT2D eigenvalue weighted by molar-refractivity contribution is 6.50. The van der Waals surface area contributed by atoms with E-state index in [4.69, 9.17) is 10.2 Å². The van der Waals surface area contributed by atoms with Crippen molar-refractivity contribution >= 4 is 25.1 Å². The van der Waals surface area contributed by atoms with Crippen molar-refractivity contribution in [2.45, 2.75) is 0 Å².